The molecule has 1 atom stereocenters. The molecule has 1 aliphatic rings. The highest BCUT2D eigenvalue weighted by molar-refractivity contribution is 5.92. The van der Waals surface area contributed by atoms with Crippen LogP contribution in [0, 0.1) is 0 Å². The summed E-state index contributed by atoms with van der Waals surface area (Å²) >= 11 is 0. The molecule has 1 aliphatic carbocycles. The zero-order valence-corrected chi connectivity index (χ0v) is 15.9. The van der Waals surface area contributed by atoms with Crippen LogP contribution in [0.3, 0.4) is 0 Å². The quantitative estimate of drug-likeness (QED) is 0.720. The molecule has 0 saturated heterocycles. The van der Waals surface area contributed by atoms with E-state index in [-0.39, 0.29) is 17.6 Å². The van der Waals surface area contributed by atoms with E-state index in [0.29, 0.717) is 25.0 Å². The van der Waals surface area contributed by atoms with E-state index in [9.17, 15) is 18.0 Å². The van der Waals surface area contributed by atoms with Crippen LogP contribution < -0.4 is 5.32 Å². The van der Waals surface area contributed by atoms with E-state index >= 15 is 0 Å². The molecule has 0 aliphatic heterocycles. The Bertz CT molecular complexity index is 798. The third-order valence-corrected chi connectivity index (χ3v) is 4.84. The Labute approximate surface area is 161 Å². The number of amides is 1. The van der Waals surface area contributed by atoms with Crippen LogP contribution >= 0.6 is 0 Å². The second kappa shape index (κ2) is 8.34. The van der Waals surface area contributed by atoms with Gasteiger partial charge >= 0.3 is 6.18 Å². The number of hydrogen-bond donors (Lipinski definition) is 1. The van der Waals surface area contributed by atoms with Crippen molar-refractivity contribution in [3.8, 4) is 0 Å². The van der Waals surface area contributed by atoms with Gasteiger partial charge < -0.3 is 9.73 Å². The minimum absolute atomic E-state index is 0.0512. The average molecular weight is 395 g/mol. The van der Waals surface area contributed by atoms with Gasteiger partial charge in [0.2, 0.25) is 5.89 Å². The molecule has 1 heterocycles. The fourth-order valence-corrected chi connectivity index (χ4v) is 2.85. The fraction of sp³-hybridized carbons (Fsp3) is 0.500. The van der Waals surface area contributed by atoms with Crippen molar-refractivity contribution in [2.75, 3.05) is 0 Å². The first-order chi connectivity index (χ1) is 13.3. The van der Waals surface area contributed by atoms with Crippen LogP contribution in [0.5, 0.6) is 0 Å². The third-order valence-electron chi connectivity index (χ3n) is 4.84. The van der Waals surface area contributed by atoms with Crippen molar-refractivity contribution < 1.29 is 22.4 Å². The second-order valence-electron chi connectivity index (χ2n) is 7.24. The lowest BCUT2D eigenvalue weighted by Gasteiger charge is -2.20. The van der Waals surface area contributed by atoms with E-state index in [1.54, 1.807) is 0 Å². The van der Waals surface area contributed by atoms with Crippen LogP contribution in [0.4, 0.5) is 13.2 Å². The molecule has 0 bridgehead atoms. The van der Waals surface area contributed by atoms with E-state index in [4.69, 9.17) is 4.42 Å². The first-order valence-corrected chi connectivity index (χ1v) is 9.41. The highest BCUT2D eigenvalue weighted by Gasteiger charge is 2.32. The molecule has 0 spiro atoms. The lowest BCUT2D eigenvalue weighted by atomic mass is 10.1. The fourth-order valence-electron chi connectivity index (χ4n) is 2.85. The van der Waals surface area contributed by atoms with Crippen molar-refractivity contribution in [1.82, 2.24) is 15.2 Å². The molecule has 8 heteroatoms. The van der Waals surface area contributed by atoms with E-state index < -0.39 is 11.7 Å². The Morgan fingerprint density at radius 2 is 1.96 bits per heavy atom. The minimum Gasteiger partial charge on any atom is -0.447 e. The highest BCUT2D eigenvalue weighted by atomic mass is 19.4. The molecule has 28 heavy (non-hydrogen) atoms. The number of carbonyl (C=O) groups excluding carboxylic acids is 1. The standard InChI is InChI=1S/C20H24F3N3O2/c1-3-13(2)24-19(27)17-12-28-18(25-17)11-26(16-8-9-16)10-14-4-6-15(7-5-14)20(21,22)23/h4-7,12-13,16H,3,8-11H2,1-2H3,(H,24,27)/t13-/m0/s1. The molecule has 0 radical (unpaired) electrons. The molecular formula is C20H24F3N3O2. The Hall–Kier alpha value is -2.35. The molecular weight excluding hydrogens is 371 g/mol. The zero-order chi connectivity index (χ0) is 20.3. The summed E-state index contributed by atoms with van der Waals surface area (Å²) in [6.45, 7) is 4.80. The Morgan fingerprint density at radius 3 is 2.54 bits per heavy atom. The summed E-state index contributed by atoms with van der Waals surface area (Å²) in [6, 6.07) is 5.60. The van der Waals surface area contributed by atoms with Crippen molar-refractivity contribution in [3.05, 3.63) is 53.2 Å². The largest absolute Gasteiger partial charge is 0.447 e. The summed E-state index contributed by atoms with van der Waals surface area (Å²) in [7, 11) is 0. The van der Waals surface area contributed by atoms with Crippen LogP contribution in [-0.4, -0.2) is 27.9 Å². The number of carbonyl (C=O) groups is 1. The Kier molecular flexibility index (Phi) is 6.07. The second-order valence-corrected chi connectivity index (χ2v) is 7.24. The molecule has 3 rings (SSSR count). The number of rotatable bonds is 8. The maximum atomic E-state index is 12.7. The first-order valence-electron chi connectivity index (χ1n) is 9.41. The summed E-state index contributed by atoms with van der Waals surface area (Å²) in [5, 5.41) is 2.84. The number of aromatic nitrogens is 1. The van der Waals surface area contributed by atoms with E-state index in [0.717, 1.165) is 37.0 Å². The van der Waals surface area contributed by atoms with Crippen molar-refractivity contribution >= 4 is 5.91 Å². The van der Waals surface area contributed by atoms with E-state index in [2.05, 4.69) is 15.2 Å². The predicted octanol–water partition coefficient (Wildman–Crippen LogP) is 4.39. The molecule has 152 valence electrons. The number of halogens is 3. The monoisotopic (exact) mass is 395 g/mol. The number of hydrogen-bond acceptors (Lipinski definition) is 4. The molecule has 1 amide bonds. The van der Waals surface area contributed by atoms with E-state index in [1.165, 1.54) is 18.4 Å². The van der Waals surface area contributed by atoms with Crippen molar-refractivity contribution in [2.24, 2.45) is 0 Å². The minimum atomic E-state index is -4.33. The van der Waals surface area contributed by atoms with Gasteiger partial charge in [-0.2, -0.15) is 13.2 Å². The highest BCUT2D eigenvalue weighted by Crippen LogP contribution is 2.32. The normalized spacial score (nSPS) is 15.6. The van der Waals surface area contributed by atoms with Crippen molar-refractivity contribution in [1.29, 1.82) is 0 Å². The molecule has 1 N–H and O–H groups in total. The van der Waals surface area contributed by atoms with E-state index in [1.807, 2.05) is 13.8 Å². The molecule has 1 aromatic carbocycles. The van der Waals surface area contributed by atoms with Gasteiger partial charge in [0.25, 0.3) is 5.91 Å². The molecule has 1 saturated carbocycles. The number of oxazole rings is 1. The SMILES string of the molecule is CC[C@H](C)NC(=O)c1coc(CN(Cc2ccc(C(F)(F)F)cc2)C2CC2)n1. The van der Waals surface area contributed by atoms with Gasteiger partial charge in [0.1, 0.15) is 6.26 Å². The van der Waals surface area contributed by atoms with Crippen LogP contribution in [-0.2, 0) is 19.3 Å². The molecule has 1 fully saturated rings. The van der Waals surface area contributed by atoms with Crippen LogP contribution in [0.25, 0.3) is 0 Å². The Balaban J connectivity index is 1.63. The zero-order valence-electron chi connectivity index (χ0n) is 15.9. The number of nitrogens with zero attached hydrogens (tertiary/aromatic N) is 2. The third kappa shape index (κ3) is 5.34. The van der Waals surface area contributed by atoms with Gasteiger partial charge in [-0.3, -0.25) is 9.69 Å². The van der Waals surface area contributed by atoms with Gasteiger partial charge in [0.15, 0.2) is 5.69 Å². The maximum absolute atomic E-state index is 12.7. The summed E-state index contributed by atoms with van der Waals surface area (Å²) in [6.07, 6.45) is -0.111. The lowest BCUT2D eigenvalue weighted by molar-refractivity contribution is -0.137. The van der Waals surface area contributed by atoms with Crippen LogP contribution in [0.15, 0.2) is 34.9 Å². The molecule has 1 aromatic heterocycles. The number of alkyl halides is 3. The average Bonchev–Trinajstić information content (AvgIpc) is 3.39. The lowest BCUT2D eigenvalue weighted by Crippen LogP contribution is -2.32. The molecule has 0 unspecified atom stereocenters. The predicted molar refractivity (Wildman–Crippen MR) is 97.4 cm³/mol. The Morgan fingerprint density at radius 1 is 1.29 bits per heavy atom. The van der Waals surface area contributed by atoms with Gasteiger partial charge in [0.05, 0.1) is 12.1 Å². The van der Waals surface area contributed by atoms with Crippen LogP contribution in [0.2, 0.25) is 0 Å². The first kappa shape index (κ1) is 20.4. The van der Waals surface area contributed by atoms with Gasteiger partial charge in [-0.05, 0) is 43.9 Å². The molecule has 5 nitrogen and oxygen atoms in total. The van der Waals surface area contributed by atoms with Gasteiger partial charge in [-0.1, -0.05) is 19.1 Å². The van der Waals surface area contributed by atoms with Gasteiger partial charge in [-0.25, -0.2) is 4.98 Å². The van der Waals surface area contributed by atoms with Gasteiger partial charge in [-0.15, -0.1) is 0 Å². The van der Waals surface area contributed by atoms with Crippen molar-refractivity contribution in [3.63, 3.8) is 0 Å². The maximum Gasteiger partial charge on any atom is 0.416 e. The smallest absolute Gasteiger partial charge is 0.416 e. The molecule has 2 aromatic rings. The number of benzene rings is 1. The summed E-state index contributed by atoms with van der Waals surface area (Å²) in [4.78, 5) is 18.5. The summed E-state index contributed by atoms with van der Waals surface area (Å²) in [5.41, 5.74) is 0.376. The number of nitrogens with one attached hydrogen (secondary N) is 1. The summed E-state index contributed by atoms with van der Waals surface area (Å²) < 4.78 is 43.6. The summed E-state index contributed by atoms with van der Waals surface area (Å²) in [5.74, 6) is 0.151. The topological polar surface area (TPSA) is 58.4 Å². The van der Waals surface area contributed by atoms with Crippen LogP contribution in [0.1, 0.15) is 60.6 Å². The van der Waals surface area contributed by atoms with Gasteiger partial charge in [0, 0.05) is 18.6 Å². The van der Waals surface area contributed by atoms with Crippen molar-refractivity contribution in [2.45, 2.75) is 64.5 Å².